The first-order valence-corrected chi connectivity index (χ1v) is 6.16. The topological polar surface area (TPSA) is 35.5 Å². The highest BCUT2D eigenvalue weighted by Gasteiger charge is 2.56. The Labute approximate surface area is 95.8 Å². The average molecular weight is 222 g/mol. The summed E-state index contributed by atoms with van der Waals surface area (Å²) < 4.78 is 11.5. The fraction of sp³-hybridized carbons (Fsp3) is 0.769. The van der Waals surface area contributed by atoms with Gasteiger partial charge in [0.25, 0.3) is 0 Å². The van der Waals surface area contributed by atoms with Gasteiger partial charge in [0.05, 0.1) is 13.2 Å². The van der Waals surface area contributed by atoms with Gasteiger partial charge in [-0.1, -0.05) is 6.08 Å². The molecule has 0 aromatic rings. The minimum absolute atomic E-state index is 0.176. The minimum Gasteiger partial charge on any atom is -0.348 e. The molecule has 3 fully saturated rings. The lowest BCUT2D eigenvalue weighted by Crippen LogP contribution is -2.28. The second-order valence-electron chi connectivity index (χ2n) is 5.24. The van der Waals surface area contributed by atoms with Gasteiger partial charge in [-0.25, -0.2) is 0 Å². The number of carbonyl (C=O) groups excluding carboxylic acids is 1. The van der Waals surface area contributed by atoms with Gasteiger partial charge in [0, 0.05) is 25.2 Å². The van der Waals surface area contributed by atoms with Crippen molar-refractivity contribution in [1.29, 1.82) is 0 Å². The molecule has 0 bridgehead atoms. The van der Waals surface area contributed by atoms with Crippen LogP contribution in [-0.2, 0) is 14.3 Å². The summed E-state index contributed by atoms with van der Waals surface area (Å²) in [5.74, 6) is 1.20. The third-order valence-electron chi connectivity index (χ3n) is 4.35. The molecule has 1 spiro atoms. The lowest BCUT2D eigenvalue weighted by Gasteiger charge is -2.23. The van der Waals surface area contributed by atoms with Crippen LogP contribution in [0.3, 0.4) is 0 Å². The normalized spacial score (nSPS) is 40.5. The molecular weight excluding hydrogens is 204 g/mol. The maximum atomic E-state index is 11.9. The average Bonchev–Trinajstić information content (AvgIpc) is 2.89. The fourth-order valence-corrected chi connectivity index (χ4v) is 3.72. The molecule has 3 nitrogen and oxygen atoms in total. The second-order valence-corrected chi connectivity index (χ2v) is 5.24. The molecule has 2 aliphatic carbocycles. The van der Waals surface area contributed by atoms with Crippen LogP contribution in [0.25, 0.3) is 0 Å². The summed E-state index contributed by atoms with van der Waals surface area (Å²) in [5, 5.41) is 0. The number of hydrogen-bond acceptors (Lipinski definition) is 3. The highest BCUT2D eigenvalue weighted by atomic mass is 16.7. The molecule has 88 valence electrons. The smallest absolute Gasteiger partial charge is 0.169 e. The van der Waals surface area contributed by atoms with Crippen molar-refractivity contribution in [2.45, 2.75) is 31.5 Å². The van der Waals surface area contributed by atoms with Crippen molar-refractivity contribution in [3.8, 4) is 0 Å². The first kappa shape index (κ1) is 10.5. The summed E-state index contributed by atoms with van der Waals surface area (Å²) >= 11 is 0. The molecule has 3 heteroatoms. The molecule has 1 heterocycles. The number of ether oxygens (including phenoxy) is 2. The Morgan fingerprint density at radius 3 is 2.81 bits per heavy atom. The van der Waals surface area contributed by atoms with E-state index in [2.05, 4.69) is 6.58 Å². The maximum absolute atomic E-state index is 11.9. The van der Waals surface area contributed by atoms with Gasteiger partial charge in [-0.2, -0.15) is 0 Å². The van der Waals surface area contributed by atoms with Crippen LogP contribution in [0.4, 0.5) is 0 Å². The van der Waals surface area contributed by atoms with Gasteiger partial charge in [0.1, 0.15) is 5.78 Å². The van der Waals surface area contributed by atoms with E-state index in [1.54, 1.807) is 0 Å². The van der Waals surface area contributed by atoms with E-state index in [0.29, 0.717) is 30.8 Å². The lowest BCUT2D eigenvalue weighted by molar-refractivity contribution is -0.157. The van der Waals surface area contributed by atoms with Gasteiger partial charge in [0.15, 0.2) is 5.79 Å². The number of carbonyl (C=O) groups is 1. The molecule has 0 radical (unpaired) electrons. The Bertz CT molecular complexity index is 317. The second kappa shape index (κ2) is 3.67. The highest BCUT2D eigenvalue weighted by molar-refractivity contribution is 5.84. The molecule has 3 aliphatic rings. The molecule has 2 saturated carbocycles. The van der Waals surface area contributed by atoms with Gasteiger partial charge in [-0.05, 0) is 18.3 Å². The molecule has 16 heavy (non-hydrogen) atoms. The van der Waals surface area contributed by atoms with Gasteiger partial charge in [-0.15, -0.1) is 6.58 Å². The standard InChI is InChI=1S/C13H18O3/c1-2-3-10-11-8-13(15-4-5-16-13)7-9(11)6-12(10)14/h2,9-11H,1,3-8H2/t9-,10-,11+/m0/s1. The summed E-state index contributed by atoms with van der Waals surface area (Å²) in [6.07, 6.45) is 5.22. The molecule has 1 aliphatic heterocycles. The van der Waals surface area contributed by atoms with E-state index < -0.39 is 0 Å². The van der Waals surface area contributed by atoms with Crippen LogP contribution in [0.1, 0.15) is 25.7 Å². The van der Waals surface area contributed by atoms with Crippen LogP contribution in [0, 0.1) is 17.8 Å². The molecule has 3 rings (SSSR count). The maximum Gasteiger partial charge on any atom is 0.169 e. The summed E-state index contributed by atoms with van der Waals surface area (Å²) in [4.78, 5) is 11.9. The van der Waals surface area contributed by atoms with Gasteiger partial charge < -0.3 is 9.47 Å². The zero-order valence-corrected chi connectivity index (χ0v) is 9.48. The van der Waals surface area contributed by atoms with E-state index >= 15 is 0 Å². The molecule has 1 saturated heterocycles. The first-order chi connectivity index (χ1) is 7.74. The van der Waals surface area contributed by atoms with Crippen LogP contribution < -0.4 is 0 Å². The lowest BCUT2D eigenvalue weighted by atomic mass is 9.89. The fourth-order valence-electron chi connectivity index (χ4n) is 3.72. The van der Waals surface area contributed by atoms with Crippen LogP contribution in [0.15, 0.2) is 12.7 Å². The van der Waals surface area contributed by atoms with Gasteiger partial charge in [0.2, 0.25) is 0 Å². The van der Waals surface area contributed by atoms with E-state index in [0.717, 1.165) is 25.7 Å². The number of rotatable bonds is 2. The third kappa shape index (κ3) is 1.45. The van der Waals surface area contributed by atoms with Gasteiger partial charge >= 0.3 is 0 Å². The SMILES string of the molecule is C=CC[C@@H]1C(=O)C[C@H]2CC3(C[C@H]21)OCCO3. The van der Waals surface area contributed by atoms with Crippen LogP contribution in [0.2, 0.25) is 0 Å². The first-order valence-electron chi connectivity index (χ1n) is 6.16. The Hall–Kier alpha value is -0.670. The van der Waals surface area contributed by atoms with E-state index in [1.165, 1.54) is 0 Å². The van der Waals surface area contributed by atoms with Crippen LogP contribution >= 0.6 is 0 Å². The molecular formula is C13H18O3. The molecule has 0 aromatic carbocycles. The molecule has 0 unspecified atom stereocenters. The molecule has 0 N–H and O–H groups in total. The van der Waals surface area contributed by atoms with Crippen molar-refractivity contribution in [2.24, 2.45) is 17.8 Å². The van der Waals surface area contributed by atoms with Crippen molar-refractivity contribution < 1.29 is 14.3 Å². The van der Waals surface area contributed by atoms with Crippen LogP contribution in [0.5, 0.6) is 0 Å². The van der Waals surface area contributed by atoms with E-state index in [9.17, 15) is 4.79 Å². The number of ketones is 1. The number of allylic oxidation sites excluding steroid dienone is 1. The zero-order valence-electron chi connectivity index (χ0n) is 9.48. The van der Waals surface area contributed by atoms with Crippen molar-refractivity contribution in [1.82, 2.24) is 0 Å². The largest absolute Gasteiger partial charge is 0.348 e. The Kier molecular flexibility index (Phi) is 2.41. The van der Waals surface area contributed by atoms with Crippen LogP contribution in [-0.4, -0.2) is 24.8 Å². The Morgan fingerprint density at radius 1 is 1.38 bits per heavy atom. The summed E-state index contributed by atoms with van der Waals surface area (Å²) in [5.41, 5.74) is 0. The number of fused-ring (bicyclic) bond motifs is 1. The Morgan fingerprint density at radius 2 is 2.12 bits per heavy atom. The number of hydrogen-bond donors (Lipinski definition) is 0. The third-order valence-corrected chi connectivity index (χ3v) is 4.35. The van der Waals surface area contributed by atoms with Crippen molar-refractivity contribution in [2.75, 3.05) is 13.2 Å². The highest BCUT2D eigenvalue weighted by Crippen LogP contribution is 2.53. The monoisotopic (exact) mass is 222 g/mol. The minimum atomic E-state index is -0.338. The van der Waals surface area contributed by atoms with E-state index in [1.807, 2.05) is 6.08 Å². The molecule has 0 amide bonds. The number of Topliss-reactive ketones (excluding diaryl/α,β-unsaturated/α-hetero) is 1. The molecule has 0 aromatic heterocycles. The van der Waals surface area contributed by atoms with Gasteiger partial charge in [-0.3, -0.25) is 4.79 Å². The van der Waals surface area contributed by atoms with E-state index in [-0.39, 0.29) is 11.7 Å². The predicted molar refractivity (Wildman–Crippen MR) is 58.8 cm³/mol. The summed E-state index contributed by atoms with van der Waals surface area (Å²) in [6, 6.07) is 0. The van der Waals surface area contributed by atoms with Crippen molar-refractivity contribution in [3.63, 3.8) is 0 Å². The quantitative estimate of drug-likeness (QED) is 0.670. The zero-order chi connectivity index (χ0) is 11.2. The predicted octanol–water partition coefficient (Wildman–Crippen LogP) is 1.92. The summed E-state index contributed by atoms with van der Waals surface area (Å²) in [7, 11) is 0. The molecule has 3 atom stereocenters. The van der Waals surface area contributed by atoms with Crippen molar-refractivity contribution >= 4 is 5.78 Å². The van der Waals surface area contributed by atoms with E-state index in [4.69, 9.17) is 9.47 Å². The van der Waals surface area contributed by atoms with Crippen molar-refractivity contribution in [3.05, 3.63) is 12.7 Å². The Balaban J connectivity index is 1.77. The summed E-state index contributed by atoms with van der Waals surface area (Å²) in [6.45, 7) is 5.16.